The standard InChI is InChI=1S/C23H28N8O2S/c1-14-19(21(32)33)34-23(26-14)29-22-27-18-13-31(15(2)17-5-3-4-7-25-17)10-6-16(18)20(28-22)30-11-8-24-9-12-30/h3-5,7,15,24H,6,8-13H2,1-2H3,(H,32,33)(H,26,27,28,29). The molecule has 2 aliphatic heterocycles. The summed E-state index contributed by atoms with van der Waals surface area (Å²) >= 11 is 1.10. The average molecular weight is 481 g/mol. The molecule has 10 nitrogen and oxygen atoms in total. The lowest BCUT2D eigenvalue weighted by Crippen LogP contribution is -2.45. The van der Waals surface area contributed by atoms with E-state index in [-0.39, 0.29) is 10.9 Å². The Kier molecular flexibility index (Phi) is 6.40. The first-order valence-corrected chi connectivity index (χ1v) is 12.3. The Labute approximate surface area is 202 Å². The van der Waals surface area contributed by atoms with Crippen molar-refractivity contribution in [2.24, 2.45) is 0 Å². The highest BCUT2D eigenvalue weighted by Crippen LogP contribution is 2.33. The molecule has 178 valence electrons. The van der Waals surface area contributed by atoms with Crippen LogP contribution in [0.5, 0.6) is 0 Å². The van der Waals surface area contributed by atoms with Crippen molar-refractivity contribution < 1.29 is 9.90 Å². The van der Waals surface area contributed by atoms with E-state index in [0.29, 0.717) is 23.3 Å². The van der Waals surface area contributed by atoms with E-state index >= 15 is 0 Å². The van der Waals surface area contributed by atoms with Gasteiger partial charge in [0.05, 0.1) is 17.1 Å². The number of pyridine rings is 1. The van der Waals surface area contributed by atoms with Gasteiger partial charge in [-0.1, -0.05) is 17.4 Å². The van der Waals surface area contributed by atoms with E-state index in [1.807, 2.05) is 18.3 Å². The lowest BCUT2D eigenvalue weighted by atomic mass is 10.0. The zero-order valence-electron chi connectivity index (χ0n) is 19.3. The Morgan fingerprint density at radius 2 is 2.03 bits per heavy atom. The number of hydrogen-bond acceptors (Lipinski definition) is 10. The maximum atomic E-state index is 11.4. The Balaban J connectivity index is 1.47. The van der Waals surface area contributed by atoms with E-state index in [9.17, 15) is 9.90 Å². The SMILES string of the molecule is Cc1nc(Nc2nc3c(c(N4CCNCC4)n2)CCN(C(C)c2ccccn2)C3)sc1C(=O)O. The van der Waals surface area contributed by atoms with Crippen molar-refractivity contribution in [3.63, 3.8) is 0 Å². The zero-order valence-corrected chi connectivity index (χ0v) is 20.1. The van der Waals surface area contributed by atoms with Gasteiger partial charge in [-0.25, -0.2) is 14.8 Å². The van der Waals surface area contributed by atoms with Gasteiger partial charge in [-0.3, -0.25) is 15.2 Å². The summed E-state index contributed by atoms with van der Waals surface area (Å²) in [6, 6.07) is 6.18. The second-order valence-corrected chi connectivity index (χ2v) is 9.55. The summed E-state index contributed by atoms with van der Waals surface area (Å²) in [6.07, 6.45) is 2.70. The molecule has 1 atom stereocenters. The van der Waals surface area contributed by atoms with Gasteiger partial charge in [-0.2, -0.15) is 4.98 Å². The summed E-state index contributed by atoms with van der Waals surface area (Å²) in [5.41, 5.74) is 3.71. The van der Waals surface area contributed by atoms with E-state index in [1.54, 1.807) is 6.92 Å². The van der Waals surface area contributed by atoms with Crippen molar-refractivity contribution in [1.82, 2.24) is 30.2 Å². The molecule has 0 aliphatic carbocycles. The van der Waals surface area contributed by atoms with Crippen LogP contribution in [0.15, 0.2) is 24.4 Å². The smallest absolute Gasteiger partial charge is 0.347 e. The van der Waals surface area contributed by atoms with Gasteiger partial charge in [0.25, 0.3) is 0 Å². The van der Waals surface area contributed by atoms with Gasteiger partial charge in [0.1, 0.15) is 10.7 Å². The van der Waals surface area contributed by atoms with Gasteiger partial charge < -0.3 is 15.3 Å². The number of aromatic nitrogens is 4. The second-order valence-electron chi connectivity index (χ2n) is 8.55. The van der Waals surface area contributed by atoms with Gasteiger partial charge in [0.15, 0.2) is 5.13 Å². The number of hydrogen-bond donors (Lipinski definition) is 3. The van der Waals surface area contributed by atoms with Crippen molar-refractivity contribution in [3.05, 3.63) is 51.9 Å². The van der Waals surface area contributed by atoms with Gasteiger partial charge in [-0.05, 0) is 32.4 Å². The molecule has 0 spiro atoms. The lowest BCUT2D eigenvalue weighted by molar-refractivity contribution is 0.0701. The molecular weight excluding hydrogens is 452 g/mol. The van der Waals surface area contributed by atoms with E-state index < -0.39 is 5.97 Å². The largest absolute Gasteiger partial charge is 0.477 e. The zero-order chi connectivity index (χ0) is 23.7. The van der Waals surface area contributed by atoms with Crippen LogP contribution in [-0.4, -0.2) is 68.6 Å². The normalized spacial score (nSPS) is 17.3. The number of carboxylic acid groups (broad SMARTS) is 1. The van der Waals surface area contributed by atoms with Crippen molar-refractivity contribution in [3.8, 4) is 0 Å². The molecule has 0 saturated carbocycles. The molecule has 0 bridgehead atoms. The minimum Gasteiger partial charge on any atom is -0.477 e. The Morgan fingerprint density at radius 1 is 1.21 bits per heavy atom. The Bertz CT molecular complexity index is 1180. The van der Waals surface area contributed by atoms with Gasteiger partial charge in [-0.15, -0.1) is 0 Å². The number of aryl methyl sites for hydroxylation is 1. The van der Waals surface area contributed by atoms with Gasteiger partial charge in [0.2, 0.25) is 5.95 Å². The van der Waals surface area contributed by atoms with E-state index in [2.05, 4.69) is 43.4 Å². The number of piperazine rings is 1. The molecule has 3 aromatic rings. The number of rotatable bonds is 6. The van der Waals surface area contributed by atoms with Crippen LogP contribution in [0.1, 0.15) is 45.3 Å². The number of carbonyl (C=O) groups is 1. The minimum absolute atomic E-state index is 0.170. The van der Waals surface area contributed by atoms with Crippen LogP contribution in [0.25, 0.3) is 0 Å². The predicted octanol–water partition coefficient (Wildman–Crippen LogP) is 2.61. The Hall–Kier alpha value is -3.15. The quantitative estimate of drug-likeness (QED) is 0.486. The summed E-state index contributed by atoms with van der Waals surface area (Å²) in [4.78, 5) is 35.0. The first-order valence-electron chi connectivity index (χ1n) is 11.5. The summed E-state index contributed by atoms with van der Waals surface area (Å²) in [5.74, 6) is 0.436. The fourth-order valence-electron chi connectivity index (χ4n) is 4.51. The highest BCUT2D eigenvalue weighted by Gasteiger charge is 2.29. The van der Waals surface area contributed by atoms with E-state index in [0.717, 1.165) is 67.7 Å². The minimum atomic E-state index is -0.977. The number of thiazole rings is 1. The first-order chi connectivity index (χ1) is 16.5. The Morgan fingerprint density at radius 3 is 2.74 bits per heavy atom. The highest BCUT2D eigenvalue weighted by molar-refractivity contribution is 7.17. The third-order valence-electron chi connectivity index (χ3n) is 6.36. The summed E-state index contributed by atoms with van der Waals surface area (Å²) in [6.45, 7) is 9.08. The number of nitrogens with zero attached hydrogens (tertiary/aromatic N) is 6. The number of anilines is 3. The van der Waals surface area contributed by atoms with Crippen LogP contribution in [0, 0.1) is 6.92 Å². The van der Waals surface area contributed by atoms with Crippen LogP contribution in [0.3, 0.4) is 0 Å². The lowest BCUT2D eigenvalue weighted by Gasteiger charge is -2.36. The molecule has 2 aliphatic rings. The number of aromatic carboxylic acids is 1. The van der Waals surface area contributed by atoms with Crippen LogP contribution in [0.4, 0.5) is 16.9 Å². The molecule has 11 heteroatoms. The topological polar surface area (TPSA) is 119 Å². The maximum absolute atomic E-state index is 11.4. The molecular formula is C23H28N8O2S. The number of carboxylic acids is 1. The van der Waals surface area contributed by atoms with Gasteiger partial charge in [0, 0.05) is 57.1 Å². The van der Waals surface area contributed by atoms with Crippen molar-refractivity contribution >= 4 is 34.2 Å². The fraction of sp³-hybridized carbons (Fsp3) is 0.435. The van der Waals surface area contributed by atoms with Crippen LogP contribution in [0.2, 0.25) is 0 Å². The number of fused-ring (bicyclic) bond motifs is 1. The monoisotopic (exact) mass is 480 g/mol. The molecule has 1 unspecified atom stereocenters. The molecule has 34 heavy (non-hydrogen) atoms. The van der Waals surface area contributed by atoms with Crippen LogP contribution in [-0.2, 0) is 13.0 Å². The molecule has 1 fully saturated rings. The summed E-state index contributed by atoms with van der Waals surface area (Å²) in [5, 5.41) is 16.4. The van der Waals surface area contributed by atoms with E-state index in [4.69, 9.17) is 9.97 Å². The third kappa shape index (κ3) is 4.59. The van der Waals surface area contributed by atoms with Crippen LogP contribution >= 0.6 is 11.3 Å². The fourth-order valence-corrected chi connectivity index (χ4v) is 5.31. The van der Waals surface area contributed by atoms with Crippen molar-refractivity contribution in [2.45, 2.75) is 32.9 Å². The third-order valence-corrected chi connectivity index (χ3v) is 7.42. The predicted molar refractivity (Wildman–Crippen MR) is 131 cm³/mol. The molecule has 0 radical (unpaired) electrons. The van der Waals surface area contributed by atoms with Crippen molar-refractivity contribution in [1.29, 1.82) is 0 Å². The molecule has 3 N–H and O–H groups in total. The molecule has 0 aromatic carbocycles. The molecule has 5 heterocycles. The average Bonchev–Trinajstić information content (AvgIpc) is 3.24. The van der Waals surface area contributed by atoms with Crippen LogP contribution < -0.4 is 15.5 Å². The molecule has 0 amide bonds. The highest BCUT2D eigenvalue weighted by atomic mass is 32.1. The summed E-state index contributed by atoms with van der Waals surface area (Å²) in [7, 11) is 0. The van der Waals surface area contributed by atoms with Gasteiger partial charge >= 0.3 is 5.97 Å². The van der Waals surface area contributed by atoms with E-state index in [1.165, 1.54) is 5.56 Å². The molecule has 5 rings (SSSR count). The first kappa shape index (κ1) is 22.6. The molecule has 3 aromatic heterocycles. The van der Waals surface area contributed by atoms with Crippen molar-refractivity contribution in [2.75, 3.05) is 42.9 Å². The number of nitrogens with one attached hydrogen (secondary N) is 2. The maximum Gasteiger partial charge on any atom is 0.347 e. The second kappa shape index (κ2) is 9.61. The summed E-state index contributed by atoms with van der Waals surface area (Å²) < 4.78 is 0. The molecule has 1 saturated heterocycles.